The van der Waals surface area contributed by atoms with Crippen LogP contribution in [0, 0.1) is 5.41 Å². The van der Waals surface area contributed by atoms with Crippen LogP contribution in [-0.4, -0.2) is 4.83 Å². The summed E-state index contributed by atoms with van der Waals surface area (Å²) in [7, 11) is 0. The summed E-state index contributed by atoms with van der Waals surface area (Å²) in [6, 6.07) is 8.59. The zero-order valence-electron chi connectivity index (χ0n) is 9.56. The number of rotatable bonds is 3. The molecule has 1 rings (SSSR count). The van der Waals surface area contributed by atoms with Crippen molar-refractivity contribution in [3.05, 3.63) is 34.3 Å². The van der Waals surface area contributed by atoms with Gasteiger partial charge in [0.2, 0.25) is 0 Å². The first-order chi connectivity index (χ1) is 6.89. The monoisotopic (exact) mass is 332 g/mol. The average Bonchev–Trinajstić information content (AvgIpc) is 2.15. The second-order valence-corrected chi connectivity index (χ2v) is 7.02. The van der Waals surface area contributed by atoms with Gasteiger partial charge in [0, 0.05) is 9.30 Å². The summed E-state index contributed by atoms with van der Waals surface area (Å²) < 4.78 is 1.15. The number of benzene rings is 1. The van der Waals surface area contributed by atoms with Crippen molar-refractivity contribution in [1.29, 1.82) is 0 Å². The molecule has 0 radical (unpaired) electrons. The van der Waals surface area contributed by atoms with Gasteiger partial charge in [-0.3, -0.25) is 0 Å². The third-order valence-corrected chi connectivity index (χ3v) is 4.90. The van der Waals surface area contributed by atoms with E-state index < -0.39 is 0 Å². The molecular weight excluding hydrogens is 316 g/mol. The number of alkyl halides is 1. The van der Waals surface area contributed by atoms with E-state index >= 15 is 0 Å². The Morgan fingerprint density at radius 3 is 2.13 bits per heavy atom. The van der Waals surface area contributed by atoms with Crippen molar-refractivity contribution in [3.8, 4) is 0 Å². The molecule has 1 atom stereocenters. The van der Waals surface area contributed by atoms with Gasteiger partial charge >= 0.3 is 0 Å². The molecule has 0 fully saturated rings. The lowest BCUT2D eigenvalue weighted by atomic mass is 9.89. The quantitative estimate of drug-likeness (QED) is 0.667. The summed E-state index contributed by atoms with van der Waals surface area (Å²) in [5.74, 6) is 0. The number of halogens is 2. The maximum atomic E-state index is 3.76. The van der Waals surface area contributed by atoms with Gasteiger partial charge in [-0.2, -0.15) is 0 Å². The maximum Gasteiger partial charge on any atom is 0.0197 e. The molecule has 0 N–H and O–H groups in total. The standard InChI is InChI=1S/C13H18Br2/c1-13(2,3)12(15)9-6-10-4-7-11(14)8-5-10/h4-5,7-8,12H,6,9H2,1-3H3. The molecule has 2 heteroatoms. The maximum absolute atomic E-state index is 3.76. The zero-order chi connectivity index (χ0) is 11.5. The van der Waals surface area contributed by atoms with Crippen molar-refractivity contribution in [1.82, 2.24) is 0 Å². The van der Waals surface area contributed by atoms with Crippen LogP contribution >= 0.6 is 31.9 Å². The summed E-state index contributed by atoms with van der Waals surface area (Å²) >= 11 is 7.21. The normalized spacial score (nSPS) is 13.9. The van der Waals surface area contributed by atoms with Gasteiger partial charge in [-0.15, -0.1) is 0 Å². The molecule has 0 heterocycles. The molecule has 1 aromatic rings. The number of aryl methyl sites for hydroxylation is 1. The Kier molecular flexibility index (Phi) is 4.85. The van der Waals surface area contributed by atoms with E-state index in [1.165, 1.54) is 12.0 Å². The Morgan fingerprint density at radius 1 is 1.13 bits per heavy atom. The van der Waals surface area contributed by atoms with Crippen molar-refractivity contribution < 1.29 is 0 Å². The molecule has 0 nitrogen and oxygen atoms in total. The molecule has 0 aromatic heterocycles. The fourth-order valence-corrected chi connectivity index (χ4v) is 1.87. The largest absolute Gasteiger partial charge is 0.0885 e. The van der Waals surface area contributed by atoms with E-state index in [-0.39, 0.29) is 0 Å². The van der Waals surface area contributed by atoms with E-state index in [1.807, 2.05) is 0 Å². The molecule has 0 saturated carbocycles. The molecule has 0 bridgehead atoms. The van der Waals surface area contributed by atoms with Crippen LogP contribution < -0.4 is 0 Å². The van der Waals surface area contributed by atoms with Crippen LogP contribution in [0.2, 0.25) is 0 Å². The third kappa shape index (κ3) is 4.69. The van der Waals surface area contributed by atoms with Crippen LogP contribution in [-0.2, 0) is 6.42 Å². The van der Waals surface area contributed by atoms with E-state index in [9.17, 15) is 0 Å². The zero-order valence-corrected chi connectivity index (χ0v) is 12.7. The van der Waals surface area contributed by atoms with E-state index in [1.54, 1.807) is 0 Å². The third-order valence-electron chi connectivity index (χ3n) is 2.54. The summed E-state index contributed by atoms with van der Waals surface area (Å²) in [6.07, 6.45) is 2.32. The highest BCUT2D eigenvalue weighted by molar-refractivity contribution is 9.10. The Balaban J connectivity index is 2.47. The number of hydrogen-bond donors (Lipinski definition) is 0. The molecule has 84 valence electrons. The lowest BCUT2D eigenvalue weighted by Gasteiger charge is -2.25. The van der Waals surface area contributed by atoms with E-state index in [0.717, 1.165) is 10.9 Å². The minimum Gasteiger partial charge on any atom is -0.0885 e. The predicted octanol–water partition coefficient (Wildman–Crippen LogP) is 5.19. The van der Waals surface area contributed by atoms with Gasteiger partial charge in [-0.05, 0) is 36.0 Å². The highest BCUT2D eigenvalue weighted by Crippen LogP contribution is 2.29. The first-order valence-corrected chi connectivity index (χ1v) is 6.99. The molecule has 0 saturated heterocycles. The van der Waals surface area contributed by atoms with Gasteiger partial charge in [0.1, 0.15) is 0 Å². The first-order valence-electron chi connectivity index (χ1n) is 5.28. The van der Waals surface area contributed by atoms with Crippen molar-refractivity contribution in [2.24, 2.45) is 5.41 Å². The Morgan fingerprint density at radius 2 is 1.67 bits per heavy atom. The molecule has 0 aliphatic heterocycles. The van der Waals surface area contributed by atoms with Gasteiger partial charge in [-0.25, -0.2) is 0 Å². The van der Waals surface area contributed by atoms with Gasteiger partial charge in [0.25, 0.3) is 0 Å². The fourth-order valence-electron chi connectivity index (χ4n) is 1.38. The average molecular weight is 334 g/mol. The van der Waals surface area contributed by atoms with Gasteiger partial charge in [0.15, 0.2) is 0 Å². The van der Waals surface area contributed by atoms with Crippen LogP contribution in [0.1, 0.15) is 32.8 Å². The van der Waals surface area contributed by atoms with Crippen LogP contribution in [0.15, 0.2) is 28.7 Å². The molecule has 15 heavy (non-hydrogen) atoms. The first kappa shape index (κ1) is 13.2. The lowest BCUT2D eigenvalue weighted by molar-refractivity contribution is 0.386. The fraction of sp³-hybridized carbons (Fsp3) is 0.538. The molecule has 0 aliphatic carbocycles. The topological polar surface area (TPSA) is 0 Å². The minimum absolute atomic E-state index is 0.343. The van der Waals surface area contributed by atoms with Crippen molar-refractivity contribution in [2.75, 3.05) is 0 Å². The SMILES string of the molecule is CC(C)(C)C(Br)CCc1ccc(Br)cc1. The summed E-state index contributed by atoms with van der Waals surface area (Å²) in [5.41, 5.74) is 1.75. The summed E-state index contributed by atoms with van der Waals surface area (Å²) in [4.78, 5) is 0.577. The second-order valence-electron chi connectivity index (χ2n) is 5.00. The Hall–Kier alpha value is 0.180. The van der Waals surface area contributed by atoms with Crippen LogP contribution in [0.25, 0.3) is 0 Å². The summed E-state index contributed by atoms with van der Waals surface area (Å²) in [5, 5.41) is 0. The molecular formula is C13H18Br2. The van der Waals surface area contributed by atoms with Crippen molar-refractivity contribution in [3.63, 3.8) is 0 Å². The van der Waals surface area contributed by atoms with Crippen LogP contribution in [0.4, 0.5) is 0 Å². The summed E-state index contributed by atoms with van der Waals surface area (Å²) in [6.45, 7) is 6.82. The molecule has 1 aromatic carbocycles. The Bertz CT molecular complexity index is 295. The molecule has 0 amide bonds. The van der Waals surface area contributed by atoms with Crippen molar-refractivity contribution >= 4 is 31.9 Å². The minimum atomic E-state index is 0.343. The molecule has 0 aliphatic rings. The number of hydrogen-bond acceptors (Lipinski definition) is 0. The Labute approximate surface area is 110 Å². The van der Waals surface area contributed by atoms with Crippen LogP contribution in [0.3, 0.4) is 0 Å². The molecule has 1 unspecified atom stereocenters. The predicted molar refractivity (Wildman–Crippen MR) is 74.6 cm³/mol. The van der Waals surface area contributed by atoms with Crippen molar-refractivity contribution in [2.45, 2.75) is 38.4 Å². The smallest absolute Gasteiger partial charge is 0.0197 e. The highest BCUT2D eigenvalue weighted by atomic mass is 79.9. The van der Waals surface area contributed by atoms with E-state index in [4.69, 9.17) is 0 Å². The second kappa shape index (κ2) is 5.49. The van der Waals surface area contributed by atoms with Crippen LogP contribution in [0.5, 0.6) is 0 Å². The van der Waals surface area contributed by atoms with Gasteiger partial charge in [-0.1, -0.05) is 64.8 Å². The van der Waals surface area contributed by atoms with Gasteiger partial charge < -0.3 is 0 Å². The van der Waals surface area contributed by atoms with Gasteiger partial charge in [0.05, 0.1) is 0 Å². The van der Waals surface area contributed by atoms with E-state index in [2.05, 4.69) is 76.9 Å². The highest BCUT2D eigenvalue weighted by Gasteiger charge is 2.20. The lowest BCUT2D eigenvalue weighted by Crippen LogP contribution is -2.20. The van der Waals surface area contributed by atoms with E-state index in [0.29, 0.717) is 10.2 Å². The molecule has 0 spiro atoms.